The maximum absolute atomic E-state index is 4.19. The first-order chi connectivity index (χ1) is 6.12. The molecule has 0 amide bonds. The molecule has 0 bridgehead atoms. The molecule has 1 atom stereocenters. The molecule has 1 nitrogen and oxygen atoms in total. The molecule has 1 aliphatic heterocycles. The molecule has 0 spiro atoms. The second-order valence-corrected chi connectivity index (χ2v) is 6.61. The van der Waals surface area contributed by atoms with Crippen molar-refractivity contribution in [1.82, 2.24) is 4.90 Å². The van der Waals surface area contributed by atoms with Gasteiger partial charge in [-0.25, -0.2) is 0 Å². The van der Waals surface area contributed by atoms with Gasteiger partial charge < -0.3 is 4.90 Å². The van der Waals surface area contributed by atoms with Crippen LogP contribution in [0.1, 0.15) is 48.0 Å². The largest absolute Gasteiger partial charge is 0.370 e. The van der Waals surface area contributed by atoms with Gasteiger partial charge in [-0.15, -0.1) is 0 Å². The highest BCUT2D eigenvalue weighted by atomic mass is 15.2. The minimum atomic E-state index is 0.233. The lowest BCUT2D eigenvalue weighted by Crippen LogP contribution is -2.39. The predicted octanol–water partition coefficient (Wildman–Crippen LogP) is 3.67. The summed E-state index contributed by atoms with van der Waals surface area (Å²) in [6.45, 7) is 19.2. The van der Waals surface area contributed by atoms with Gasteiger partial charge in [0.2, 0.25) is 0 Å². The standard InChI is InChI=1S/C13H25N/c1-10-8-11(12(2,3)4)9-14(10)13(5,6)7/h11H,1,8-9H2,2-7H3. The molecule has 1 fully saturated rings. The molecule has 0 saturated carbocycles. The molecule has 1 unspecified atom stereocenters. The van der Waals surface area contributed by atoms with Crippen molar-refractivity contribution in [1.29, 1.82) is 0 Å². The van der Waals surface area contributed by atoms with E-state index in [-0.39, 0.29) is 5.54 Å². The summed E-state index contributed by atoms with van der Waals surface area (Å²) in [6.07, 6.45) is 1.17. The van der Waals surface area contributed by atoms with E-state index in [9.17, 15) is 0 Å². The van der Waals surface area contributed by atoms with Gasteiger partial charge in [-0.05, 0) is 38.5 Å². The van der Waals surface area contributed by atoms with E-state index in [0.29, 0.717) is 5.41 Å². The van der Waals surface area contributed by atoms with E-state index in [0.717, 1.165) is 5.92 Å². The molecule has 0 radical (unpaired) electrons. The quantitative estimate of drug-likeness (QED) is 0.570. The molecule has 82 valence electrons. The predicted molar refractivity (Wildman–Crippen MR) is 63.2 cm³/mol. The van der Waals surface area contributed by atoms with E-state index >= 15 is 0 Å². The molecule has 1 heterocycles. The Balaban J connectivity index is 2.75. The number of hydrogen-bond donors (Lipinski definition) is 0. The molecule has 0 aliphatic carbocycles. The molecule has 0 aromatic heterocycles. The van der Waals surface area contributed by atoms with Crippen molar-refractivity contribution in [2.24, 2.45) is 11.3 Å². The number of hydrogen-bond acceptors (Lipinski definition) is 1. The Labute approximate surface area is 89.2 Å². The van der Waals surface area contributed by atoms with Crippen LogP contribution in [0, 0.1) is 11.3 Å². The topological polar surface area (TPSA) is 3.24 Å². The smallest absolute Gasteiger partial charge is 0.0314 e. The van der Waals surface area contributed by atoms with Gasteiger partial charge in [0.15, 0.2) is 0 Å². The Morgan fingerprint density at radius 1 is 1.14 bits per heavy atom. The Bertz CT molecular complexity index is 227. The van der Waals surface area contributed by atoms with Crippen molar-refractivity contribution in [2.75, 3.05) is 6.54 Å². The summed E-state index contributed by atoms with van der Waals surface area (Å²) in [5.41, 5.74) is 1.96. The van der Waals surface area contributed by atoms with Crippen LogP contribution in [0.4, 0.5) is 0 Å². The van der Waals surface area contributed by atoms with Crippen molar-refractivity contribution in [3.8, 4) is 0 Å². The van der Waals surface area contributed by atoms with Crippen LogP contribution in [0.5, 0.6) is 0 Å². The molecule has 1 saturated heterocycles. The van der Waals surface area contributed by atoms with Crippen LogP contribution in [-0.2, 0) is 0 Å². The van der Waals surface area contributed by atoms with Crippen LogP contribution in [0.15, 0.2) is 12.3 Å². The van der Waals surface area contributed by atoms with Crippen molar-refractivity contribution < 1.29 is 0 Å². The Morgan fingerprint density at radius 2 is 1.64 bits per heavy atom. The number of likely N-dealkylation sites (tertiary alicyclic amines) is 1. The highest BCUT2D eigenvalue weighted by Gasteiger charge is 2.37. The molecule has 0 aromatic carbocycles. The fourth-order valence-corrected chi connectivity index (χ4v) is 2.14. The van der Waals surface area contributed by atoms with Crippen LogP contribution in [0.25, 0.3) is 0 Å². The minimum absolute atomic E-state index is 0.233. The molecular formula is C13H25N. The van der Waals surface area contributed by atoms with Gasteiger partial charge in [0.05, 0.1) is 0 Å². The van der Waals surface area contributed by atoms with Crippen LogP contribution in [-0.4, -0.2) is 17.0 Å². The van der Waals surface area contributed by atoms with Crippen molar-refractivity contribution in [2.45, 2.75) is 53.5 Å². The first-order valence-electron chi connectivity index (χ1n) is 5.58. The van der Waals surface area contributed by atoms with E-state index < -0.39 is 0 Å². The third kappa shape index (κ3) is 2.31. The first-order valence-corrected chi connectivity index (χ1v) is 5.58. The van der Waals surface area contributed by atoms with Crippen LogP contribution in [0.2, 0.25) is 0 Å². The van der Waals surface area contributed by atoms with Gasteiger partial charge in [-0.3, -0.25) is 0 Å². The Hall–Kier alpha value is -0.460. The second kappa shape index (κ2) is 3.29. The number of allylic oxidation sites excluding steroid dienone is 1. The summed E-state index contributed by atoms with van der Waals surface area (Å²) >= 11 is 0. The highest BCUT2D eigenvalue weighted by Crippen LogP contribution is 2.40. The molecule has 14 heavy (non-hydrogen) atoms. The average molecular weight is 195 g/mol. The van der Waals surface area contributed by atoms with Crippen LogP contribution in [0.3, 0.4) is 0 Å². The molecular weight excluding hydrogens is 170 g/mol. The van der Waals surface area contributed by atoms with Gasteiger partial charge in [0.1, 0.15) is 0 Å². The maximum atomic E-state index is 4.19. The number of nitrogens with zero attached hydrogens (tertiary/aromatic N) is 1. The molecule has 0 aromatic rings. The fraction of sp³-hybridized carbons (Fsp3) is 0.846. The zero-order valence-electron chi connectivity index (χ0n) is 10.6. The lowest BCUT2D eigenvalue weighted by Gasteiger charge is -2.36. The SMILES string of the molecule is C=C1CC(C(C)(C)C)CN1C(C)(C)C. The van der Waals surface area contributed by atoms with Gasteiger partial charge in [-0.2, -0.15) is 0 Å². The molecule has 0 N–H and O–H groups in total. The van der Waals surface area contributed by atoms with Crippen molar-refractivity contribution in [3.63, 3.8) is 0 Å². The third-order valence-electron chi connectivity index (χ3n) is 3.30. The van der Waals surface area contributed by atoms with Gasteiger partial charge >= 0.3 is 0 Å². The summed E-state index contributed by atoms with van der Waals surface area (Å²) in [7, 11) is 0. The van der Waals surface area contributed by atoms with Gasteiger partial charge in [0.25, 0.3) is 0 Å². The van der Waals surface area contributed by atoms with Crippen molar-refractivity contribution >= 4 is 0 Å². The molecule has 1 heteroatoms. The summed E-state index contributed by atoms with van der Waals surface area (Å²) in [5.74, 6) is 0.759. The zero-order valence-corrected chi connectivity index (χ0v) is 10.6. The summed E-state index contributed by atoms with van der Waals surface area (Å²) in [6, 6.07) is 0. The van der Waals surface area contributed by atoms with E-state index in [1.165, 1.54) is 18.7 Å². The van der Waals surface area contributed by atoms with E-state index in [4.69, 9.17) is 0 Å². The van der Waals surface area contributed by atoms with Gasteiger partial charge in [-0.1, -0.05) is 27.4 Å². The van der Waals surface area contributed by atoms with E-state index in [2.05, 4.69) is 53.0 Å². The van der Waals surface area contributed by atoms with Crippen molar-refractivity contribution in [3.05, 3.63) is 12.3 Å². The lowest BCUT2D eigenvalue weighted by atomic mass is 9.80. The fourth-order valence-electron chi connectivity index (χ4n) is 2.14. The first kappa shape index (κ1) is 11.6. The lowest BCUT2D eigenvalue weighted by molar-refractivity contribution is 0.167. The van der Waals surface area contributed by atoms with Crippen LogP contribution < -0.4 is 0 Å². The van der Waals surface area contributed by atoms with Crippen LogP contribution >= 0.6 is 0 Å². The highest BCUT2D eigenvalue weighted by molar-refractivity contribution is 5.09. The summed E-state index contributed by atoms with van der Waals surface area (Å²) < 4.78 is 0. The zero-order chi connectivity index (χ0) is 11.1. The maximum Gasteiger partial charge on any atom is 0.0314 e. The second-order valence-electron chi connectivity index (χ2n) is 6.61. The normalized spacial score (nSPS) is 24.6. The Kier molecular flexibility index (Phi) is 2.73. The minimum Gasteiger partial charge on any atom is -0.370 e. The van der Waals surface area contributed by atoms with Gasteiger partial charge in [0, 0.05) is 17.8 Å². The summed E-state index contributed by atoms with van der Waals surface area (Å²) in [4.78, 5) is 2.46. The Morgan fingerprint density at radius 3 is 1.86 bits per heavy atom. The van der Waals surface area contributed by atoms with E-state index in [1.54, 1.807) is 0 Å². The monoisotopic (exact) mass is 195 g/mol. The third-order valence-corrected chi connectivity index (χ3v) is 3.30. The molecule has 1 aliphatic rings. The molecule has 1 rings (SSSR count). The summed E-state index contributed by atoms with van der Waals surface area (Å²) in [5, 5.41) is 0. The van der Waals surface area contributed by atoms with E-state index in [1.807, 2.05) is 0 Å². The average Bonchev–Trinajstić information content (AvgIpc) is 2.27. The number of rotatable bonds is 0.